The highest BCUT2D eigenvalue weighted by molar-refractivity contribution is 7.89. The number of halogens is 1. The fraction of sp³-hybridized carbons (Fsp3) is 0.409. The number of piperidine rings is 1. The summed E-state index contributed by atoms with van der Waals surface area (Å²) in [6.07, 6.45) is 1.14. The summed E-state index contributed by atoms with van der Waals surface area (Å²) >= 11 is 0. The Labute approximate surface area is 187 Å². The Morgan fingerprint density at radius 1 is 1.09 bits per heavy atom. The molecule has 2 aromatic rings. The first-order valence-electron chi connectivity index (χ1n) is 10.1. The number of hydrogen-bond donors (Lipinski definition) is 1. The zero-order valence-electron chi connectivity index (χ0n) is 18.3. The maximum atomic E-state index is 13.2. The van der Waals surface area contributed by atoms with Crippen molar-refractivity contribution in [2.45, 2.75) is 24.3 Å². The van der Waals surface area contributed by atoms with Crippen LogP contribution in [0.15, 0.2) is 41.3 Å². The van der Waals surface area contributed by atoms with Crippen molar-refractivity contribution in [2.24, 2.45) is 5.92 Å². The molecule has 1 fully saturated rings. The molecule has 0 bridgehead atoms. The quantitative estimate of drug-likeness (QED) is 0.643. The van der Waals surface area contributed by atoms with Crippen LogP contribution in [-0.2, 0) is 21.4 Å². The third kappa shape index (κ3) is 5.13. The van der Waals surface area contributed by atoms with Crippen LogP contribution in [0.5, 0.6) is 17.2 Å². The normalized spacial score (nSPS) is 16.9. The van der Waals surface area contributed by atoms with Crippen LogP contribution in [0.4, 0.5) is 4.39 Å². The fourth-order valence-electron chi connectivity index (χ4n) is 3.70. The summed E-state index contributed by atoms with van der Waals surface area (Å²) in [5.41, 5.74) is 0.749. The van der Waals surface area contributed by atoms with Gasteiger partial charge >= 0.3 is 0 Å². The number of carbonyl (C=O) groups is 1. The number of methoxy groups -OCH3 is 3. The van der Waals surface area contributed by atoms with Gasteiger partial charge in [-0.05, 0) is 54.8 Å². The summed E-state index contributed by atoms with van der Waals surface area (Å²) in [6.45, 7) is 0.605. The predicted octanol–water partition coefficient (Wildman–Crippen LogP) is 2.57. The molecule has 0 radical (unpaired) electrons. The predicted molar refractivity (Wildman–Crippen MR) is 116 cm³/mol. The first-order chi connectivity index (χ1) is 15.3. The van der Waals surface area contributed by atoms with Gasteiger partial charge in [-0.2, -0.15) is 4.31 Å². The minimum absolute atomic E-state index is 0.0115. The molecule has 1 aliphatic heterocycles. The van der Waals surface area contributed by atoms with Crippen molar-refractivity contribution >= 4 is 15.9 Å². The lowest BCUT2D eigenvalue weighted by Gasteiger charge is -2.31. The van der Waals surface area contributed by atoms with Gasteiger partial charge in [0.25, 0.3) is 0 Å². The SMILES string of the molecule is COc1cc(CNC(=O)[C@@H]2CCCN(S(=O)(=O)c3ccc(F)cc3)C2)cc(OC)c1OC. The van der Waals surface area contributed by atoms with Gasteiger partial charge in [0, 0.05) is 19.6 Å². The average molecular weight is 467 g/mol. The van der Waals surface area contributed by atoms with Crippen LogP contribution in [-0.4, -0.2) is 53.0 Å². The molecule has 1 aliphatic rings. The highest BCUT2D eigenvalue weighted by Gasteiger charge is 2.33. The molecule has 0 saturated carbocycles. The van der Waals surface area contributed by atoms with E-state index in [-0.39, 0.29) is 23.9 Å². The summed E-state index contributed by atoms with van der Waals surface area (Å²) in [4.78, 5) is 12.8. The Bertz CT molecular complexity index is 1030. The van der Waals surface area contributed by atoms with E-state index in [4.69, 9.17) is 14.2 Å². The van der Waals surface area contributed by atoms with Crippen molar-refractivity contribution in [1.82, 2.24) is 9.62 Å². The van der Waals surface area contributed by atoms with E-state index in [1.54, 1.807) is 12.1 Å². The van der Waals surface area contributed by atoms with Gasteiger partial charge in [0.2, 0.25) is 21.7 Å². The second kappa shape index (κ2) is 10.2. The van der Waals surface area contributed by atoms with Crippen molar-refractivity contribution in [2.75, 3.05) is 34.4 Å². The molecule has 0 aliphatic carbocycles. The van der Waals surface area contributed by atoms with E-state index in [1.165, 1.54) is 37.8 Å². The second-order valence-corrected chi connectivity index (χ2v) is 9.35. The number of benzene rings is 2. The number of amides is 1. The molecule has 32 heavy (non-hydrogen) atoms. The first kappa shape index (κ1) is 23.8. The van der Waals surface area contributed by atoms with Crippen LogP contribution in [0, 0.1) is 11.7 Å². The van der Waals surface area contributed by atoms with Crippen molar-refractivity contribution in [1.29, 1.82) is 0 Å². The number of sulfonamides is 1. The van der Waals surface area contributed by atoms with Gasteiger partial charge in [-0.3, -0.25) is 4.79 Å². The van der Waals surface area contributed by atoms with E-state index in [0.29, 0.717) is 36.6 Å². The number of nitrogens with zero attached hydrogens (tertiary/aromatic N) is 1. The van der Waals surface area contributed by atoms with Gasteiger partial charge < -0.3 is 19.5 Å². The number of nitrogens with one attached hydrogen (secondary N) is 1. The van der Waals surface area contributed by atoms with Crippen LogP contribution < -0.4 is 19.5 Å². The standard InChI is InChI=1S/C22H27FN2O6S/c1-29-19-11-15(12-20(30-2)21(19)31-3)13-24-22(26)16-5-4-10-25(14-16)32(27,28)18-8-6-17(23)7-9-18/h6-9,11-12,16H,4-5,10,13-14H2,1-3H3,(H,24,26)/t16-/m1/s1. The lowest BCUT2D eigenvalue weighted by Crippen LogP contribution is -2.45. The van der Waals surface area contributed by atoms with Gasteiger partial charge in [-0.25, -0.2) is 12.8 Å². The van der Waals surface area contributed by atoms with E-state index in [1.807, 2.05) is 0 Å². The van der Waals surface area contributed by atoms with Crippen molar-refractivity contribution in [3.8, 4) is 17.2 Å². The smallest absolute Gasteiger partial charge is 0.243 e. The minimum Gasteiger partial charge on any atom is -0.493 e. The summed E-state index contributed by atoms with van der Waals surface area (Å²) in [6, 6.07) is 8.18. The molecular weight excluding hydrogens is 439 g/mol. The highest BCUT2D eigenvalue weighted by Crippen LogP contribution is 2.38. The summed E-state index contributed by atoms with van der Waals surface area (Å²) in [7, 11) is 0.736. The highest BCUT2D eigenvalue weighted by atomic mass is 32.2. The molecule has 1 amide bonds. The molecule has 0 unspecified atom stereocenters. The molecule has 3 rings (SSSR count). The van der Waals surface area contributed by atoms with E-state index < -0.39 is 21.8 Å². The lowest BCUT2D eigenvalue weighted by atomic mass is 9.98. The lowest BCUT2D eigenvalue weighted by molar-refractivity contribution is -0.126. The van der Waals surface area contributed by atoms with Crippen molar-refractivity contribution in [3.63, 3.8) is 0 Å². The molecule has 1 N–H and O–H groups in total. The van der Waals surface area contributed by atoms with Crippen LogP contribution in [0.2, 0.25) is 0 Å². The van der Waals surface area contributed by atoms with E-state index in [9.17, 15) is 17.6 Å². The Kier molecular flexibility index (Phi) is 7.57. The van der Waals surface area contributed by atoms with E-state index in [0.717, 1.165) is 17.7 Å². The Balaban J connectivity index is 1.68. The van der Waals surface area contributed by atoms with Crippen LogP contribution in [0.25, 0.3) is 0 Å². The molecule has 2 aromatic carbocycles. The molecule has 10 heteroatoms. The Morgan fingerprint density at radius 3 is 2.28 bits per heavy atom. The van der Waals surface area contributed by atoms with Crippen LogP contribution >= 0.6 is 0 Å². The summed E-state index contributed by atoms with van der Waals surface area (Å²) in [5, 5.41) is 2.87. The molecule has 1 saturated heterocycles. The molecule has 0 aromatic heterocycles. The average Bonchev–Trinajstić information content (AvgIpc) is 2.82. The summed E-state index contributed by atoms with van der Waals surface area (Å²) in [5.74, 6) is 0.181. The number of carbonyl (C=O) groups excluding carboxylic acids is 1. The second-order valence-electron chi connectivity index (χ2n) is 7.41. The van der Waals surface area contributed by atoms with Crippen LogP contribution in [0.1, 0.15) is 18.4 Å². The fourth-order valence-corrected chi connectivity index (χ4v) is 5.23. The van der Waals surface area contributed by atoms with Gasteiger partial charge in [0.05, 0.1) is 32.1 Å². The molecule has 1 atom stereocenters. The first-order valence-corrected chi connectivity index (χ1v) is 11.6. The van der Waals surface area contributed by atoms with E-state index >= 15 is 0 Å². The monoisotopic (exact) mass is 466 g/mol. The zero-order valence-corrected chi connectivity index (χ0v) is 19.1. The topological polar surface area (TPSA) is 94.2 Å². The minimum atomic E-state index is -3.80. The van der Waals surface area contributed by atoms with Gasteiger partial charge in [-0.1, -0.05) is 0 Å². The number of hydrogen-bond acceptors (Lipinski definition) is 6. The van der Waals surface area contributed by atoms with Crippen LogP contribution in [0.3, 0.4) is 0 Å². The van der Waals surface area contributed by atoms with Gasteiger partial charge in [0.1, 0.15) is 5.82 Å². The van der Waals surface area contributed by atoms with Crippen molar-refractivity contribution in [3.05, 3.63) is 47.8 Å². The third-order valence-corrected chi connectivity index (χ3v) is 7.28. The maximum Gasteiger partial charge on any atom is 0.243 e. The molecular formula is C22H27FN2O6S. The Morgan fingerprint density at radius 2 is 1.72 bits per heavy atom. The molecule has 8 nitrogen and oxygen atoms in total. The van der Waals surface area contributed by atoms with E-state index in [2.05, 4.69) is 5.32 Å². The largest absolute Gasteiger partial charge is 0.493 e. The van der Waals surface area contributed by atoms with Crippen molar-refractivity contribution < 1.29 is 31.8 Å². The number of ether oxygens (including phenoxy) is 3. The molecule has 1 heterocycles. The molecule has 174 valence electrons. The van der Waals surface area contributed by atoms with Gasteiger partial charge in [-0.15, -0.1) is 0 Å². The molecule has 0 spiro atoms. The van der Waals surface area contributed by atoms with Gasteiger partial charge in [0.15, 0.2) is 11.5 Å². The zero-order chi connectivity index (χ0) is 23.3. The Hall–Kier alpha value is -2.85. The number of rotatable bonds is 8. The third-order valence-electron chi connectivity index (χ3n) is 5.40. The maximum absolute atomic E-state index is 13.2. The summed E-state index contributed by atoms with van der Waals surface area (Å²) < 4.78 is 56.2.